The molecule has 0 heterocycles. The summed E-state index contributed by atoms with van der Waals surface area (Å²) in [6, 6.07) is 19.9. The second-order valence-electron chi connectivity index (χ2n) is 5.49. The van der Waals surface area contributed by atoms with Crippen LogP contribution in [0.1, 0.15) is 48.4 Å². The van der Waals surface area contributed by atoms with E-state index >= 15 is 0 Å². The standard InChI is InChI=1S/C18H21N/c1-14(15-7-3-2-4-8-15)19-13-17-9-5-6-10-18(17)16-11-12-16/h2-10,14,16,19H,11-13H2,1H3/t14-/m1/s1. The first-order valence-corrected chi connectivity index (χ1v) is 7.21. The van der Waals surface area contributed by atoms with Gasteiger partial charge in [0.25, 0.3) is 0 Å². The fourth-order valence-corrected chi connectivity index (χ4v) is 2.61. The van der Waals surface area contributed by atoms with E-state index in [1.165, 1.54) is 24.0 Å². The van der Waals surface area contributed by atoms with E-state index in [1.54, 1.807) is 5.56 Å². The molecule has 0 aliphatic heterocycles. The highest BCUT2D eigenvalue weighted by Gasteiger charge is 2.25. The summed E-state index contributed by atoms with van der Waals surface area (Å²) in [7, 11) is 0. The minimum Gasteiger partial charge on any atom is -0.306 e. The van der Waals surface area contributed by atoms with Crippen molar-refractivity contribution in [3.05, 3.63) is 71.3 Å². The van der Waals surface area contributed by atoms with Crippen molar-refractivity contribution in [1.29, 1.82) is 0 Å². The largest absolute Gasteiger partial charge is 0.306 e. The van der Waals surface area contributed by atoms with Crippen LogP contribution in [0.3, 0.4) is 0 Å². The quantitative estimate of drug-likeness (QED) is 0.829. The van der Waals surface area contributed by atoms with E-state index in [0.717, 1.165) is 12.5 Å². The lowest BCUT2D eigenvalue weighted by Crippen LogP contribution is -2.18. The van der Waals surface area contributed by atoms with Gasteiger partial charge in [-0.1, -0.05) is 54.6 Å². The van der Waals surface area contributed by atoms with Crippen molar-refractivity contribution in [3.63, 3.8) is 0 Å². The molecule has 1 nitrogen and oxygen atoms in total. The molecule has 0 radical (unpaired) electrons. The van der Waals surface area contributed by atoms with Crippen LogP contribution >= 0.6 is 0 Å². The summed E-state index contributed by atoms with van der Waals surface area (Å²) in [6.45, 7) is 3.19. The highest BCUT2D eigenvalue weighted by atomic mass is 14.9. The van der Waals surface area contributed by atoms with Crippen LogP contribution in [0, 0.1) is 0 Å². The molecule has 1 heteroatoms. The lowest BCUT2D eigenvalue weighted by molar-refractivity contribution is 0.572. The molecular weight excluding hydrogens is 230 g/mol. The van der Waals surface area contributed by atoms with E-state index in [0.29, 0.717) is 6.04 Å². The zero-order valence-corrected chi connectivity index (χ0v) is 11.5. The lowest BCUT2D eigenvalue weighted by atomic mass is 10.0. The lowest BCUT2D eigenvalue weighted by Gasteiger charge is -2.16. The van der Waals surface area contributed by atoms with E-state index in [-0.39, 0.29) is 0 Å². The molecule has 1 fully saturated rings. The van der Waals surface area contributed by atoms with Gasteiger partial charge in [-0.2, -0.15) is 0 Å². The average Bonchev–Trinajstić information content (AvgIpc) is 3.30. The Kier molecular flexibility index (Phi) is 3.65. The highest BCUT2D eigenvalue weighted by molar-refractivity contribution is 5.33. The Morgan fingerprint density at radius 2 is 1.68 bits per heavy atom. The minimum absolute atomic E-state index is 0.397. The molecule has 1 aliphatic rings. The first kappa shape index (κ1) is 12.4. The maximum absolute atomic E-state index is 3.64. The van der Waals surface area contributed by atoms with Gasteiger partial charge in [0.1, 0.15) is 0 Å². The molecule has 1 atom stereocenters. The van der Waals surface area contributed by atoms with Crippen LogP contribution in [-0.2, 0) is 6.54 Å². The van der Waals surface area contributed by atoms with Crippen molar-refractivity contribution >= 4 is 0 Å². The Balaban J connectivity index is 1.66. The van der Waals surface area contributed by atoms with Gasteiger partial charge in [0.2, 0.25) is 0 Å². The molecule has 19 heavy (non-hydrogen) atoms. The second-order valence-corrected chi connectivity index (χ2v) is 5.49. The molecule has 0 bridgehead atoms. The molecule has 3 rings (SSSR count). The third-order valence-corrected chi connectivity index (χ3v) is 3.97. The third kappa shape index (κ3) is 3.05. The van der Waals surface area contributed by atoms with Crippen molar-refractivity contribution in [3.8, 4) is 0 Å². The van der Waals surface area contributed by atoms with Crippen LogP contribution in [0.5, 0.6) is 0 Å². The monoisotopic (exact) mass is 251 g/mol. The summed E-state index contributed by atoms with van der Waals surface area (Å²) < 4.78 is 0. The van der Waals surface area contributed by atoms with Gasteiger partial charge in [-0.3, -0.25) is 0 Å². The summed E-state index contributed by atoms with van der Waals surface area (Å²) in [4.78, 5) is 0. The zero-order chi connectivity index (χ0) is 13.1. The maximum atomic E-state index is 3.64. The van der Waals surface area contributed by atoms with Crippen LogP contribution in [0.15, 0.2) is 54.6 Å². The summed E-state index contributed by atoms with van der Waals surface area (Å²) >= 11 is 0. The molecule has 0 aromatic heterocycles. The van der Waals surface area contributed by atoms with Crippen molar-refractivity contribution in [2.24, 2.45) is 0 Å². The maximum Gasteiger partial charge on any atom is 0.0294 e. The SMILES string of the molecule is C[C@@H](NCc1ccccc1C1CC1)c1ccccc1. The van der Waals surface area contributed by atoms with E-state index in [2.05, 4.69) is 66.8 Å². The van der Waals surface area contributed by atoms with Crippen LogP contribution in [-0.4, -0.2) is 0 Å². The summed E-state index contributed by atoms with van der Waals surface area (Å²) in [5.74, 6) is 0.824. The summed E-state index contributed by atoms with van der Waals surface area (Å²) in [6.07, 6.45) is 2.73. The zero-order valence-electron chi connectivity index (χ0n) is 11.5. The first-order valence-electron chi connectivity index (χ1n) is 7.21. The number of hydrogen-bond acceptors (Lipinski definition) is 1. The molecule has 2 aromatic carbocycles. The molecule has 0 spiro atoms. The van der Waals surface area contributed by atoms with Crippen LogP contribution in [0.4, 0.5) is 0 Å². The van der Waals surface area contributed by atoms with Gasteiger partial charge in [-0.25, -0.2) is 0 Å². The Hall–Kier alpha value is -1.60. The van der Waals surface area contributed by atoms with Crippen LogP contribution in [0.25, 0.3) is 0 Å². The fourth-order valence-electron chi connectivity index (χ4n) is 2.61. The predicted molar refractivity (Wildman–Crippen MR) is 80.1 cm³/mol. The summed E-state index contributed by atoms with van der Waals surface area (Å²) in [5, 5.41) is 3.64. The Labute approximate surface area is 115 Å². The van der Waals surface area contributed by atoms with Gasteiger partial charge in [-0.05, 0) is 42.4 Å². The minimum atomic E-state index is 0.397. The second kappa shape index (κ2) is 5.58. The molecule has 2 aromatic rings. The third-order valence-electron chi connectivity index (χ3n) is 3.97. The van der Waals surface area contributed by atoms with E-state index in [4.69, 9.17) is 0 Å². The molecule has 98 valence electrons. The Bertz CT molecular complexity index is 528. The number of benzene rings is 2. The van der Waals surface area contributed by atoms with Gasteiger partial charge in [0.15, 0.2) is 0 Å². The highest BCUT2D eigenvalue weighted by Crippen LogP contribution is 2.41. The number of nitrogens with one attached hydrogen (secondary N) is 1. The van der Waals surface area contributed by atoms with Crippen LogP contribution in [0.2, 0.25) is 0 Å². The number of rotatable bonds is 5. The Morgan fingerprint density at radius 1 is 1.00 bits per heavy atom. The normalized spacial score (nSPS) is 16.3. The molecule has 0 amide bonds. The van der Waals surface area contributed by atoms with Crippen LogP contribution < -0.4 is 5.32 Å². The smallest absolute Gasteiger partial charge is 0.0294 e. The van der Waals surface area contributed by atoms with Crippen molar-refractivity contribution < 1.29 is 0 Å². The van der Waals surface area contributed by atoms with Gasteiger partial charge in [-0.15, -0.1) is 0 Å². The first-order chi connectivity index (χ1) is 9.34. The summed E-state index contributed by atoms with van der Waals surface area (Å²) in [5.41, 5.74) is 4.37. The van der Waals surface area contributed by atoms with Crippen molar-refractivity contribution in [1.82, 2.24) is 5.32 Å². The van der Waals surface area contributed by atoms with Gasteiger partial charge >= 0.3 is 0 Å². The van der Waals surface area contributed by atoms with Crippen molar-refractivity contribution in [2.75, 3.05) is 0 Å². The fraction of sp³-hybridized carbons (Fsp3) is 0.333. The molecule has 0 saturated heterocycles. The molecule has 1 N–H and O–H groups in total. The Morgan fingerprint density at radius 3 is 2.42 bits per heavy atom. The van der Waals surface area contributed by atoms with E-state index in [9.17, 15) is 0 Å². The molecule has 1 aliphatic carbocycles. The predicted octanol–water partition coefficient (Wildman–Crippen LogP) is 4.41. The molecular formula is C18H21N. The van der Waals surface area contributed by atoms with Gasteiger partial charge in [0, 0.05) is 12.6 Å². The van der Waals surface area contributed by atoms with Gasteiger partial charge in [0.05, 0.1) is 0 Å². The molecule has 1 saturated carbocycles. The van der Waals surface area contributed by atoms with E-state index < -0.39 is 0 Å². The van der Waals surface area contributed by atoms with Crippen molar-refractivity contribution in [2.45, 2.75) is 38.3 Å². The topological polar surface area (TPSA) is 12.0 Å². The average molecular weight is 251 g/mol. The van der Waals surface area contributed by atoms with Gasteiger partial charge < -0.3 is 5.32 Å². The van der Waals surface area contributed by atoms with E-state index in [1.807, 2.05) is 0 Å². The number of hydrogen-bond donors (Lipinski definition) is 1. The molecule has 0 unspecified atom stereocenters.